The van der Waals surface area contributed by atoms with Gasteiger partial charge in [0.05, 0.1) is 40.3 Å². The second kappa shape index (κ2) is 62.6. The summed E-state index contributed by atoms with van der Waals surface area (Å²) in [5.41, 5.74) is 0. The molecule has 0 fully saturated rings. The van der Waals surface area contributed by atoms with E-state index in [4.69, 9.17) is 18.9 Å². The van der Waals surface area contributed by atoms with Crippen molar-refractivity contribution in [1.29, 1.82) is 0 Å². The van der Waals surface area contributed by atoms with Crippen molar-refractivity contribution < 1.29 is 42.9 Å². The summed E-state index contributed by atoms with van der Waals surface area (Å²) in [6.45, 7) is 4.79. The number of quaternary nitrogens is 1. The molecule has 0 spiro atoms. The summed E-state index contributed by atoms with van der Waals surface area (Å²) in [6.07, 6.45) is 75.2. The Kier molecular flexibility index (Phi) is 60.6. The maximum absolute atomic E-state index is 12.9. The number of likely N-dealkylation sites (N-methyl/N-ethyl adjacent to an activating group) is 1. The Bertz CT molecular complexity index is 1410. The van der Waals surface area contributed by atoms with E-state index < -0.39 is 24.3 Å². The van der Waals surface area contributed by atoms with Gasteiger partial charge in [-0.2, -0.15) is 0 Å². The highest BCUT2D eigenvalue weighted by molar-refractivity contribution is 5.70. The van der Waals surface area contributed by atoms with Gasteiger partial charge in [-0.25, -0.2) is 0 Å². The number of ether oxygens (including phenoxy) is 4. The van der Waals surface area contributed by atoms with Gasteiger partial charge in [0.25, 0.3) is 0 Å². The van der Waals surface area contributed by atoms with Crippen LogP contribution in [0.3, 0.4) is 0 Å². The molecule has 0 aliphatic carbocycles. The highest BCUT2D eigenvalue weighted by atomic mass is 16.7. The fraction of sp³-hybridized carbons (Fsp3) is 0.873. The first-order valence-corrected chi connectivity index (χ1v) is 34.6. The molecular formula is C71H133NO8. The molecule has 0 heterocycles. The Hall–Kier alpha value is -2.49. The monoisotopic (exact) mass is 1130 g/mol. The van der Waals surface area contributed by atoms with Crippen molar-refractivity contribution in [3.63, 3.8) is 0 Å². The summed E-state index contributed by atoms with van der Waals surface area (Å²) in [5, 5.41) is 11.8. The van der Waals surface area contributed by atoms with Crippen molar-refractivity contribution in [1.82, 2.24) is 0 Å². The zero-order valence-electron chi connectivity index (χ0n) is 53.7. The van der Waals surface area contributed by atoms with Crippen LogP contribution in [-0.2, 0) is 33.3 Å². The quantitative estimate of drug-likeness (QED) is 0.0195. The van der Waals surface area contributed by atoms with Gasteiger partial charge in [-0.05, 0) is 51.4 Å². The van der Waals surface area contributed by atoms with Crippen LogP contribution in [-0.4, -0.2) is 82.3 Å². The highest BCUT2D eigenvalue weighted by Gasteiger charge is 2.22. The van der Waals surface area contributed by atoms with Gasteiger partial charge in [-0.15, -0.1) is 0 Å². The molecule has 9 heteroatoms. The number of esters is 2. The molecule has 0 radical (unpaired) electrons. The van der Waals surface area contributed by atoms with Crippen molar-refractivity contribution in [3.05, 3.63) is 36.5 Å². The van der Waals surface area contributed by atoms with Gasteiger partial charge >= 0.3 is 11.9 Å². The number of nitrogens with zero attached hydrogens (tertiary/aromatic N) is 1. The summed E-state index contributed by atoms with van der Waals surface area (Å²) in [7, 11) is 5.93. The Labute approximate surface area is 496 Å². The molecule has 0 aromatic heterocycles. The van der Waals surface area contributed by atoms with Gasteiger partial charge < -0.3 is 33.3 Å². The third-order valence-corrected chi connectivity index (χ3v) is 15.6. The van der Waals surface area contributed by atoms with Crippen LogP contribution in [0.4, 0.5) is 0 Å². The maximum Gasteiger partial charge on any atom is 0.306 e. The van der Waals surface area contributed by atoms with E-state index in [9.17, 15) is 19.5 Å². The molecular weight excluding hydrogens is 995 g/mol. The fourth-order valence-electron chi connectivity index (χ4n) is 10.3. The van der Waals surface area contributed by atoms with Crippen molar-refractivity contribution >= 4 is 17.9 Å². The molecule has 2 unspecified atom stereocenters. The number of aliphatic carboxylic acids is 1. The Balaban J connectivity index is 4.07. The van der Waals surface area contributed by atoms with Gasteiger partial charge in [0.2, 0.25) is 0 Å². The molecule has 0 amide bonds. The lowest BCUT2D eigenvalue weighted by atomic mass is 10.0. The van der Waals surface area contributed by atoms with Crippen LogP contribution < -0.4 is 5.11 Å². The first-order valence-electron chi connectivity index (χ1n) is 34.6. The molecule has 9 nitrogen and oxygen atoms in total. The molecule has 0 saturated heterocycles. The van der Waals surface area contributed by atoms with Crippen molar-refractivity contribution in [3.8, 4) is 0 Å². The minimum absolute atomic E-state index is 0.147. The van der Waals surface area contributed by atoms with Crippen LogP contribution in [0.15, 0.2) is 36.5 Å². The highest BCUT2D eigenvalue weighted by Crippen LogP contribution is 2.19. The number of carbonyl (C=O) groups excluding carboxylic acids is 3. The van der Waals surface area contributed by atoms with E-state index in [-0.39, 0.29) is 32.2 Å². The number of carbonyl (C=O) groups is 3. The summed E-state index contributed by atoms with van der Waals surface area (Å²) in [6, 6.07) is 0. The van der Waals surface area contributed by atoms with Crippen LogP contribution in [0.25, 0.3) is 0 Å². The standard InChI is InChI=1S/C71H133NO8/c1-6-8-10-12-14-16-18-20-22-24-26-28-30-31-32-33-34-35-36-37-38-40-41-43-45-47-49-51-53-55-57-59-61-68(73)78-65-67(66-79-71(70(75)76)77-64-63-72(3,4)5)80-69(74)62-60-58-56-54-52-50-48-46-44-42-39-29-27-25-23-21-19-17-15-13-11-9-7-2/h19,21,25,27,39,42,67,71H,6-18,20,22-24,26,28-38,40-41,43-66H2,1-5H3/b21-19-,27-25-,42-39-. The summed E-state index contributed by atoms with van der Waals surface area (Å²) < 4.78 is 22.8. The molecule has 2 atom stereocenters. The minimum atomic E-state index is -1.62. The van der Waals surface area contributed by atoms with E-state index in [1.165, 1.54) is 250 Å². The van der Waals surface area contributed by atoms with Crippen LogP contribution in [0, 0.1) is 0 Å². The topological polar surface area (TPSA) is 111 Å². The van der Waals surface area contributed by atoms with Crippen LogP contribution in [0.1, 0.15) is 341 Å². The lowest BCUT2D eigenvalue weighted by Gasteiger charge is -2.26. The zero-order chi connectivity index (χ0) is 58.3. The molecule has 0 rings (SSSR count). The van der Waals surface area contributed by atoms with E-state index in [2.05, 4.69) is 50.3 Å². The van der Waals surface area contributed by atoms with Crippen LogP contribution in [0.2, 0.25) is 0 Å². The second-order valence-corrected chi connectivity index (χ2v) is 24.8. The SMILES string of the molecule is CCCCCCC/C=C\C/C=C\C/C=C\CCCCCCCCCCC(=O)OC(COC(=O)CCCCCCCCCCCCCCCCCCCCCCCCCCCCCCCCCC)COC(OCC[N+](C)(C)C)C(=O)[O-]. The summed E-state index contributed by atoms with van der Waals surface area (Å²) in [4.78, 5) is 37.4. The first kappa shape index (κ1) is 77.5. The van der Waals surface area contributed by atoms with Crippen LogP contribution in [0.5, 0.6) is 0 Å². The number of allylic oxidation sites excluding steroid dienone is 6. The van der Waals surface area contributed by atoms with Gasteiger partial charge in [0, 0.05) is 12.8 Å². The lowest BCUT2D eigenvalue weighted by molar-refractivity contribution is -0.870. The van der Waals surface area contributed by atoms with Gasteiger partial charge in [0.1, 0.15) is 13.2 Å². The molecule has 0 aromatic carbocycles. The third kappa shape index (κ3) is 63.1. The Morgan fingerprint density at radius 3 is 1.00 bits per heavy atom. The smallest absolute Gasteiger partial charge is 0.306 e. The zero-order valence-corrected chi connectivity index (χ0v) is 53.7. The Morgan fingerprint density at radius 1 is 0.375 bits per heavy atom. The lowest BCUT2D eigenvalue weighted by Crippen LogP contribution is -2.44. The van der Waals surface area contributed by atoms with Gasteiger partial charge in [0.15, 0.2) is 12.4 Å². The number of hydrogen-bond donors (Lipinski definition) is 0. The summed E-state index contributed by atoms with van der Waals surface area (Å²) in [5.74, 6) is -2.27. The Morgan fingerprint density at radius 2 is 0.675 bits per heavy atom. The number of hydrogen-bond acceptors (Lipinski definition) is 8. The van der Waals surface area contributed by atoms with Crippen molar-refractivity contribution in [2.45, 2.75) is 354 Å². The van der Waals surface area contributed by atoms with E-state index in [1.807, 2.05) is 21.1 Å². The number of unbranched alkanes of at least 4 members (excludes halogenated alkanes) is 44. The van der Waals surface area contributed by atoms with E-state index in [0.29, 0.717) is 23.9 Å². The van der Waals surface area contributed by atoms with Crippen molar-refractivity contribution in [2.75, 3.05) is 47.5 Å². The number of carboxylic acids is 1. The molecule has 0 aliphatic heterocycles. The van der Waals surface area contributed by atoms with Crippen LogP contribution >= 0.6 is 0 Å². The molecule has 0 N–H and O–H groups in total. The second-order valence-electron chi connectivity index (χ2n) is 24.8. The average Bonchev–Trinajstić information content (AvgIpc) is 3.43. The average molecular weight is 1130 g/mol. The molecule has 0 bridgehead atoms. The normalized spacial score (nSPS) is 12.9. The molecule has 80 heavy (non-hydrogen) atoms. The third-order valence-electron chi connectivity index (χ3n) is 15.6. The molecule has 470 valence electrons. The predicted molar refractivity (Wildman–Crippen MR) is 339 cm³/mol. The van der Waals surface area contributed by atoms with E-state index >= 15 is 0 Å². The van der Waals surface area contributed by atoms with Gasteiger partial charge in [-0.1, -0.05) is 314 Å². The maximum atomic E-state index is 12.9. The van der Waals surface area contributed by atoms with Crippen molar-refractivity contribution in [2.24, 2.45) is 0 Å². The fourth-order valence-corrected chi connectivity index (χ4v) is 10.3. The minimum Gasteiger partial charge on any atom is -0.545 e. The molecule has 0 aromatic rings. The largest absolute Gasteiger partial charge is 0.545 e. The molecule has 0 aliphatic rings. The number of rotatable bonds is 65. The van der Waals surface area contributed by atoms with E-state index in [1.54, 1.807) is 0 Å². The van der Waals surface area contributed by atoms with E-state index in [0.717, 1.165) is 57.8 Å². The first-order chi connectivity index (χ1) is 39.1. The summed E-state index contributed by atoms with van der Waals surface area (Å²) >= 11 is 0. The predicted octanol–water partition coefficient (Wildman–Crippen LogP) is 19.9. The molecule has 0 saturated carbocycles. The van der Waals surface area contributed by atoms with Gasteiger partial charge in [-0.3, -0.25) is 9.59 Å². The number of carboxylic acid groups (broad SMARTS) is 1.